The van der Waals surface area contributed by atoms with Crippen LogP contribution in [-0.2, 0) is 16.1 Å². The second kappa shape index (κ2) is 8.76. The van der Waals surface area contributed by atoms with E-state index in [0.29, 0.717) is 17.9 Å². The average Bonchev–Trinajstić information content (AvgIpc) is 2.89. The van der Waals surface area contributed by atoms with E-state index in [9.17, 15) is 24.5 Å². The minimum absolute atomic E-state index is 0.0294. The van der Waals surface area contributed by atoms with Gasteiger partial charge in [-0.2, -0.15) is 4.99 Å². The first-order valence-corrected chi connectivity index (χ1v) is 7.72. The lowest BCUT2D eigenvalue weighted by Gasteiger charge is -2.14. The molecule has 24 heavy (non-hydrogen) atoms. The normalized spacial score (nSPS) is 11.0. The van der Waals surface area contributed by atoms with E-state index in [1.54, 1.807) is 13.8 Å². The van der Waals surface area contributed by atoms with Gasteiger partial charge in [-0.1, -0.05) is 0 Å². The summed E-state index contributed by atoms with van der Waals surface area (Å²) in [6, 6.07) is -0.686. The summed E-state index contributed by atoms with van der Waals surface area (Å²) in [5.74, 6) is -0.668. The minimum Gasteiger partial charge on any atom is -0.449 e. The number of nitro groups is 1. The number of rotatable bonds is 5. The highest BCUT2D eigenvalue weighted by Crippen LogP contribution is 2.14. The third kappa shape index (κ3) is 5.15. The third-order valence-electron chi connectivity index (χ3n) is 2.63. The number of carbonyl (C=O) groups is 3. The SMILES string of the molecule is CCNC(=O)/N=c1\sc([N+](=O)[O-])cn1CC(=O)N(C)C(=O)OCC. The Kier molecular flexibility index (Phi) is 7.04. The van der Waals surface area contributed by atoms with E-state index in [-0.39, 0.29) is 16.4 Å². The van der Waals surface area contributed by atoms with E-state index in [1.807, 2.05) is 0 Å². The molecular weight excluding hydrogens is 342 g/mol. The van der Waals surface area contributed by atoms with Crippen molar-refractivity contribution in [1.29, 1.82) is 0 Å². The number of carbonyl (C=O) groups excluding carboxylic acids is 3. The molecule has 0 aliphatic heterocycles. The minimum atomic E-state index is -0.838. The molecule has 12 heteroatoms. The van der Waals surface area contributed by atoms with Crippen LogP contribution in [0.2, 0.25) is 0 Å². The Morgan fingerprint density at radius 2 is 2.12 bits per heavy atom. The number of ether oxygens (including phenoxy) is 1. The third-order valence-corrected chi connectivity index (χ3v) is 3.61. The highest BCUT2D eigenvalue weighted by molar-refractivity contribution is 7.12. The van der Waals surface area contributed by atoms with Crippen LogP contribution in [0.1, 0.15) is 13.8 Å². The fourth-order valence-electron chi connectivity index (χ4n) is 1.50. The van der Waals surface area contributed by atoms with Crippen LogP contribution in [0, 0.1) is 10.1 Å². The summed E-state index contributed by atoms with van der Waals surface area (Å²) in [6.07, 6.45) is 0.245. The molecule has 0 atom stereocenters. The summed E-state index contributed by atoms with van der Waals surface area (Å²) >= 11 is 0.644. The van der Waals surface area contributed by atoms with E-state index >= 15 is 0 Å². The van der Waals surface area contributed by atoms with Crippen molar-refractivity contribution in [3.8, 4) is 0 Å². The second-order valence-corrected chi connectivity index (χ2v) is 5.32. The van der Waals surface area contributed by atoms with Gasteiger partial charge in [-0.3, -0.25) is 14.9 Å². The number of hydrogen-bond acceptors (Lipinski definition) is 7. The van der Waals surface area contributed by atoms with E-state index in [2.05, 4.69) is 10.3 Å². The van der Waals surface area contributed by atoms with Crippen molar-refractivity contribution in [2.45, 2.75) is 20.4 Å². The Bertz CT molecular complexity index is 709. The lowest BCUT2D eigenvalue weighted by atomic mass is 10.5. The molecule has 1 N–H and O–H groups in total. The van der Waals surface area contributed by atoms with Crippen LogP contribution in [0.5, 0.6) is 0 Å². The standard InChI is InChI=1S/C12H17N5O6S/c1-4-13-10(19)14-11-16(7-9(24-11)17(21)22)6-8(18)15(3)12(20)23-5-2/h7H,4-6H2,1-3H3,(H,13,19)/b14-11-. The zero-order chi connectivity index (χ0) is 18.3. The number of hydrogen-bond donors (Lipinski definition) is 1. The number of urea groups is 1. The van der Waals surface area contributed by atoms with Crippen molar-refractivity contribution in [3.05, 3.63) is 21.1 Å². The number of amides is 4. The zero-order valence-electron chi connectivity index (χ0n) is 13.3. The molecule has 1 aromatic heterocycles. The lowest BCUT2D eigenvalue weighted by molar-refractivity contribution is -0.380. The fourth-order valence-corrected chi connectivity index (χ4v) is 2.31. The Morgan fingerprint density at radius 1 is 1.46 bits per heavy atom. The van der Waals surface area contributed by atoms with Gasteiger partial charge >= 0.3 is 17.1 Å². The van der Waals surface area contributed by atoms with Crippen LogP contribution >= 0.6 is 11.3 Å². The Labute approximate surface area is 140 Å². The average molecular weight is 359 g/mol. The fraction of sp³-hybridized carbons (Fsp3) is 0.500. The summed E-state index contributed by atoms with van der Waals surface area (Å²) in [6.45, 7) is 3.32. The first-order valence-electron chi connectivity index (χ1n) is 6.90. The van der Waals surface area contributed by atoms with Gasteiger partial charge < -0.3 is 14.6 Å². The Balaban J connectivity index is 3.09. The maximum absolute atomic E-state index is 12.1. The predicted molar refractivity (Wildman–Crippen MR) is 83.4 cm³/mol. The van der Waals surface area contributed by atoms with E-state index < -0.39 is 29.5 Å². The second-order valence-electron chi connectivity index (χ2n) is 4.34. The number of aromatic nitrogens is 1. The summed E-state index contributed by atoms with van der Waals surface area (Å²) in [4.78, 5) is 49.7. The van der Waals surface area contributed by atoms with Crippen molar-refractivity contribution in [2.24, 2.45) is 4.99 Å². The van der Waals surface area contributed by atoms with E-state index in [4.69, 9.17) is 4.74 Å². The molecule has 0 saturated heterocycles. The van der Waals surface area contributed by atoms with Crippen LogP contribution in [0.4, 0.5) is 14.6 Å². The quantitative estimate of drug-likeness (QED) is 0.607. The zero-order valence-corrected chi connectivity index (χ0v) is 14.2. The van der Waals surface area contributed by atoms with Crippen molar-refractivity contribution in [1.82, 2.24) is 14.8 Å². The molecule has 0 aromatic carbocycles. The molecule has 1 rings (SSSR count). The number of nitrogens with one attached hydrogen (secondary N) is 1. The van der Waals surface area contributed by atoms with Gasteiger partial charge in [0.1, 0.15) is 6.54 Å². The molecule has 1 heterocycles. The summed E-state index contributed by atoms with van der Waals surface area (Å²) in [5.41, 5.74) is 0. The Hall–Kier alpha value is -2.76. The first kappa shape index (κ1) is 19.3. The molecule has 0 spiro atoms. The van der Waals surface area contributed by atoms with Crippen molar-refractivity contribution in [2.75, 3.05) is 20.2 Å². The molecule has 0 aliphatic carbocycles. The largest absolute Gasteiger partial charge is 0.449 e. The molecule has 0 unspecified atom stereocenters. The van der Waals surface area contributed by atoms with Crippen LogP contribution in [0.3, 0.4) is 0 Å². The first-order chi connectivity index (χ1) is 11.3. The summed E-state index contributed by atoms with van der Waals surface area (Å²) < 4.78 is 5.83. The van der Waals surface area contributed by atoms with Gasteiger partial charge in [0.05, 0.1) is 17.7 Å². The topological polar surface area (TPSA) is 136 Å². The lowest BCUT2D eigenvalue weighted by Crippen LogP contribution is -2.37. The van der Waals surface area contributed by atoms with E-state index in [0.717, 1.165) is 15.7 Å². The van der Waals surface area contributed by atoms with Crippen LogP contribution in [0.25, 0.3) is 0 Å². The maximum atomic E-state index is 12.1. The van der Waals surface area contributed by atoms with Crippen LogP contribution in [-0.4, -0.2) is 52.6 Å². The molecule has 0 bridgehead atoms. The molecule has 132 valence electrons. The van der Waals surface area contributed by atoms with Crippen molar-refractivity contribution >= 4 is 34.4 Å². The number of thiazole rings is 1. The number of likely N-dealkylation sites (N-methyl/N-ethyl adjacent to an activating group) is 1. The van der Waals surface area contributed by atoms with Crippen LogP contribution < -0.4 is 10.1 Å². The monoisotopic (exact) mass is 359 g/mol. The predicted octanol–water partition coefficient (Wildman–Crippen LogP) is 0.703. The smallest absolute Gasteiger partial charge is 0.416 e. The Morgan fingerprint density at radius 3 is 2.67 bits per heavy atom. The van der Waals surface area contributed by atoms with Crippen LogP contribution in [0.15, 0.2) is 11.2 Å². The van der Waals surface area contributed by atoms with Gasteiger partial charge in [0.15, 0.2) is 0 Å². The van der Waals surface area contributed by atoms with Gasteiger partial charge in [-0.15, -0.1) is 0 Å². The molecule has 0 saturated carbocycles. The van der Waals surface area contributed by atoms with Crippen molar-refractivity contribution in [3.63, 3.8) is 0 Å². The number of nitrogens with zero attached hydrogens (tertiary/aromatic N) is 4. The van der Waals surface area contributed by atoms with E-state index in [1.165, 1.54) is 7.05 Å². The summed E-state index contributed by atoms with van der Waals surface area (Å²) in [5, 5.41) is 13.0. The van der Waals surface area contributed by atoms with Gasteiger partial charge in [0.25, 0.3) is 5.91 Å². The van der Waals surface area contributed by atoms with Gasteiger partial charge in [-0.05, 0) is 25.2 Å². The number of imide groups is 1. The molecule has 1 aromatic rings. The van der Waals surface area contributed by atoms with Crippen molar-refractivity contribution < 1.29 is 24.0 Å². The molecule has 11 nitrogen and oxygen atoms in total. The molecule has 0 radical (unpaired) electrons. The molecule has 0 aliphatic rings. The maximum Gasteiger partial charge on any atom is 0.416 e. The highest BCUT2D eigenvalue weighted by atomic mass is 32.1. The highest BCUT2D eigenvalue weighted by Gasteiger charge is 2.21. The van der Waals surface area contributed by atoms with Gasteiger partial charge in [0.2, 0.25) is 4.80 Å². The van der Waals surface area contributed by atoms with Gasteiger partial charge in [0, 0.05) is 13.6 Å². The molecule has 0 fully saturated rings. The molecular formula is C12H17N5O6S. The summed E-state index contributed by atoms with van der Waals surface area (Å²) in [7, 11) is 1.22. The molecule has 4 amide bonds. The van der Waals surface area contributed by atoms with Gasteiger partial charge in [-0.25, -0.2) is 14.5 Å².